The van der Waals surface area contributed by atoms with Crippen LogP contribution in [0.1, 0.15) is 42.6 Å². The fourth-order valence-electron chi connectivity index (χ4n) is 3.61. The van der Waals surface area contributed by atoms with E-state index in [4.69, 9.17) is 0 Å². The second kappa shape index (κ2) is 9.27. The zero-order chi connectivity index (χ0) is 21.8. The molecule has 3 heterocycles. The summed E-state index contributed by atoms with van der Waals surface area (Å²) in [5.74, 6) is 0.0283. The van der Waals surface area contributed by atoms with E-state index in [-0.39, 0.29) is 5.91 Å². The van der Waals surface area contributed by atoms with Gasteiger partial charge < -0.3 is 4.90 Å². The number of hydrogen-bond donors (Lipinski definition) is 0. The van der Waals surface area contributed by atoms with Crippen molar-refractivity contribution >= 4 is 17.2 Å². The number of carbonyl (C=O) groups excluding carboxylic acids is 1. The molecule has 0 saturated heterocycles. The zero-order valence-electron chi connectivity index (χ0n) is 18.1. The molecule has 0 fully saturated rings. The highest BCUT2D eigenvalue weighted by Gasteiger charge is 2.18. The third kappa shape index (κ3) is 5.27. The molecule has 0 bridgehead atoms. The number of benzene rings is 1. The van der Waals surface area contributed by atoms with Gasteiger partial charge in [-0.25, -0.2) is 0 Å². The van der Waals surface area contributed by atoms with Crippen LogP contribution in [0.15, 0.2) is 67.0 Å². The highest BCUT2D eigenvalue weighted by Crippen LogP contribution is 2.20. The predicted octanol–water partition coefficient (Wildman–Crippen LogP) is 5.16. The van der Waals surface area contributed by atoms with Crippen molar-refractivity contribution in [3.63, 3.8) is 0 Å². The lowest BCUT2D eigenvalue weighted by atomic mass is 10.1. The second-order valence-electron chi connectivity index (χ2n) is 7.81. The van der Waals surface area contributed by atoms with E-state index in [9.17, 15) is 4.79 Å². The largest absolute Gasteiger partial charge is 0.329 e. The Bertz CT molecular complexity index is 1160. The van der Waals surface area contributed by atoms with Crippen LogP contribution in [0.3, 0.4) is 0 Å². The number of pyridine rings is 1. The molecule has 0 aliphatic carbocycles. The van der Waals surface area contributed by atoms with Crippen molar-refractivity contribution < 1.29 is 4.79 Å². The molecule has 0 unspecified atom stereocenters. The Morgan fingerprint density at radius 3 is 2.29 bits per heavy atom. The van der Waals surface area contributed by atoms with Crippen molar-refractivity contribution in [3.05, 3.63) is 105 Å². The molecule has 158 valence electrons. The van der Waals surface area contributed by atoms with Crippen LogP contribution >= 0.6 is 11.3 Å². The van der Waals surface area contributed by atoms with Crippen LogP contribution in [0.4, 0.5) is 0 Å². The predicted molar refractivity (Wildman–Crippen MR) is 124 cm³/mol. The number of nitrogens with zero attached hydrogens (tertiary/aromatic N) is 4. The first-order valence-corrected chi connectivity index (χ1v) is 11.1. The molecule has 0 aliphatic rings. The molecule has 4 rings (SSSR count). The van der Waals surface area contributed by atoms with Gasteiger partial charge in [0.2, 0.25) is 0 Å². The lowest BCUT2D eigenvalue weighted by Gasteiger charge is -2.22. The van der Waals surface area contributed by atoms with E-state index in [1.165, 1.54) is 9.75 Å². The number of rotatable bonds is 7. The molecule has 1 aromatic carbocycles. The van der Waals surface area contributed by atoms with Gasteiger partial charge in [-0.15, -0.1) is 11.3 Å². The van der Waals surface area contributed by atoms with E-state index in [1.54, 1.807) is 23.7 Å². The SMILES string of the molecule is Cc1cc(C)n(Cc2ccc(C(=O)N(Cc3ccncc3)Cc3ccc(C)s3)cc2)n1. The summed E-state index contributed by atoms with van der Waals surface area (Å²) in [7, 11) is 0. The minimum absolute atomic E-state index is 0.0283. The number of amides is 1. The maximum Gasteiger partial charge on any atom is 0.254 e. The summed E-state index contributed by atoms with van der Waals surface area (Å²) in [5, 5.41) is 4.52. The van der Waals surface area contributed by atoms with Crippen molar-refractivity contribution in [3.8, 4) is 0 Å². The number of thiophene rings is 1. The van der Waals surface area contributed by atoms with Crippen molar-refractivity contribution in [2.45, 2.75) is 40.4 Å². The Kier molecular flexibility index (Phi) is 6.28. The molecule has 0 spiro atoms. The van der Waals surface area contributed by atoms with E-state index in [2.05, 4.69) is 42.1 Å². The van der Waals surface area contributed by atoms with Crippen LogP contribution in [-0.4, -0.2) is 25.6 Å². The van der Waals surface area contributed by atoms with E-state index < -0.39 is 0 Å². The minimum Gasteiger partial charge on any atom is -0.329 e. The van der Waals surface area contributed by atoms with Gasteiger partial charge >= 0.3 is 0 Å². The molecule has 3 aromatic heterocycles. The molecule has 4 aromatic rings. The summed E-state index contributed by atoms with van der Waals surface area (Å²) in [4.78, 5) is 21.8. The molecule has 0 aliphatic heterocycles. The van der Waals surface area contributed by atoms with Crippen molar-refractivity contribution in [2.75, 3.05) is 0 Å². The molecule has 31 heavy (non-hydrogen) atoms. The van der Waals surface area contributed by atoms with Gasteiger partial charge in [-0.05, 0) is 74.4 Å². The van der Waals surface area contributed by atoms with Crippen LogP contribution < -0.4 is 0 Å². The highest BCUT2D eigenvalue weighted by atomic mass is 32.1. The number of aromatic nitrogens is 3. The maximum atomic E-state index is 13.4. The van der Waals surface area contributed by atoms with E-state index >= 15 is 0 Å². The van der Waals surface area contributed by atoms with Crippen LogP contribution in [-0.2, 0) is 19.6 Å². The Labute approximate surface area is 187 Å². The van der Waals surface area contributed by atoms with Gasteiger partial charge in [0.15, 0.2) is 0 Å². The average molecular weight is 431 g/mol. The molecule has 5 nitrogen and oxygen atoms in total. The molecule has 1 amide bonds. The third-order valence-corrected chi connectivity index (χ3v) is 6.17. The minimum atomic E-state index is 0.0283. The topological polar surface area (TPSA) is 51.0 Å². The van der Waals surface area contributed by atoms with Gasteiger partial charge in [0.05, 0.1) is 18.8 Å². The summed E-state index contributed by atoms with van der Waals surface area (Å²) >= 11 is 1.73. The third-order valence-electron chi connectivity index (χ3n) is 5.19. The van der Waals surface area contributed by atoms with Gasteiger partial charge in [0.1, 0.15) is 0 Å². The monoisotopic (exact) mass is 430 g/mol. The zero-order valence-corrected chi connectivity index (χ0v) is 18.9. The number of hydrogen-bond acceptors (Lipinski definition) is 4. The highest BCUT2D eigenvalue weighted by molar-refractivity contribution is 7.11. The van der Waals surface area contributed by atoms with Gasteiger partial charge in [-0.2, -0.15) is 5.10 Å². The Morgan fingerprint density at radius 2 is 1.68 bits per heavy atom. The van der Waals surface area contributed by atoms with Crippen molar-refractivity contribution in [1.29, 1.82) is 0 Å². The summed E-state index contributed by atoms with van der Waals surface area (Å²) in [5.41, 5.74) is 5.03. The van der Waals surface area contributed by atoms with E-state index in [0.717, 1.165) is 22.5 Å². The summed E-state index contributed by atoms with van der Waals surface area (Å²) in [6, 6.07) is 18.1. The fourth-order valence-corrected chi connectivity index (χ4v) is 4.52. The summed E-state index contributed by atoms with van der Waals surface area (Å²) in [6.07, 6.45) is 3.53. The normalized spacial score (nSPS) is 10.9. The fraction of sp³-hybridized carbons (Fsp3) is 0.240. The quantitative estimate of drug-likeness (QED) is 0.407. The smallest absolute Gasteiger partial charge is 0.254 e. The van der Waals surface area contributed by atoms with Gasteiger partial charge in [-0.3, -0.25) is 14.5 Å². The van der Waals surface area contributed by atoms with Gasteiger partial charge in [0.25, 0.3) is 5.91 Å². The van der Waals surface area contributed by atoms with Crippen LogP contribution in [0, 0.1) is 20.8 Å². The molecule has 0 radical (unpaired) electrons. The summed E-state index contributed by atoms with van der Waals surface area (Å²) in [6.45, 7) is 7.98. The van der Waals surface area contributed by atoms with E-state index in [1.807, 2.05) is 52.9 Å². The lowest BCUT2D eigenvalue weighted by Crippen LogP contribution is -2.29. The molecular formula is C25H26N4OS. The Hall–Kier alpha value is -3.25. The van der Waals surface area contributed by atoms with Gasteiger partial charge in [0, 0.05) is 40.0 Å². The summed E-state index contributed by atoms with van der Waals surface area (Å²) < 4.78 is 1.99. The Morgan fingerprint density at radius 1 is 0.935 bits per heavy atom. The first kappa shape index (κ1) is 21.0. The first-order valence-electron chi connectivity index (χ1n) is 10.3. The van der Waals surface area contributed by atoms with Gasteiger partial charge in [-0.1, -0.05) is 12.1 Å². The first-order chi connectivity index (χ1) is 15.0. The van der Waals surface area contributed by atoms with Crippen LogP contribution in [0.5, 0.6) is 0 Å². The molecule has 0 saturated carbocycles. The standard InChI is InChI=1S/C25H26N4OS/c1-18-14-19(2)29(27-18)16-21-5-7-23(8-6-21)25(30)28(15-22-10-12-26-13-11-22)17-24-9-4-20(3)31-24/h4-14H,15-17H2,1-3H3. The van der Waals surface area contributed by atoms with E-state index in [0.29, 0.717) is 25.2 Å². The van der Waals surface area contributed by atoms with Crippen LogP contribution in [0.25, 0.3) is 0 Å². The lowest BCUT2D eigenvalue weighted by molar-refractivity contribution is 0.0731. The molecular weight excluding hydrogens is 404 g/mol. The van der Waals surface area contributed by atoms with Crippen LogP contribution in [0.2, 0.25) is 0 Å². The molecule has 0 atom stereocenters. The molecule has 0 N–H and O–H groups in total. The number of aryl methyl sites for hydroxylation is 3. The maximum absolute atomic E-state index is 13.4. The Balaban J connectivity index is 1.53. The van der Waals surface area contributed by atoms with Crippen molar-refractivity contribution in [1.82, 2.24) is 19.7 Å². The average Bonchev–Trinajstić information content (AvgIpc) is 3.32. The molecule has 6 heteroatoms. The second-order valence-corrected chi connectivity index (χ2v) is 9.18. The number of carbonyl (C=O) groups is 1. The van der Waals surface area contributed by atoms with Crippen molar-refractivity contribution in [2.24, 2.45) is 0 Å².